The molecule has 0 saturated carbocycles. The number of rotatable bonds is 4. The van der Waals surface area contributed by atoms with Gasteiger partial charge in [-0.2, -0.15) is 5.10 Å². The summed E-state index contributed by atoms with van der Waals surface area (Å²) in [6.07, 6.45) is 4.63. The van der Waals surface area contributed by atoms with Crippen LogP contribution < -0.4 is 0 Å². The zero-order valence-corrected chi connectivity index (χ0v) is 11.0. The number of piperidine rings is 1. The van der Waals surface area contributed by atoms with E-state index >= 15 is 0 Å². The summed E-state index contributed by atoms with van der Waals surface area (Å²) in [6, 6.07) is -0.134. The first-order chi connectivity index (χ1) is 8.76. The molecule has 2 rings (SSSR count). The van der Waals surface area contributed by atoms with Gasteiger partial charge in [0.2, 0.25) is 0 Å². The quantitative estimate of drug-likeness (QED) is 0.743. The maximum Gasteiger partial charge on any atom is 0.323 e. The molecule has 1 aliphatic heterocycles. The molecule has 1 aromatic rings. The molecule has 0 aromatic carbocycles. The van der Waals surface area contributed by atoms with Crippen LogP contribution >= 0.6 is 0 Å². The third-order valence-electron chi connectivity index (χ3n) is 3.43. The molecule has 0 radical (unpaired) electrons. The average Bonchev–Trinajstić information content (AvgIpc) is 2.86. The van der Waals surface area contributed by atoms with Crippen LogP contribution in [0.3, 0.4) is 0 Å². The fourth-order valence-corrected chi connectivity index (χ4v) is 2.44. The van der Waals surface area contributed by atoms with Crippen LogP contribution in [-0.2, 0) is 22.6 Å². The van der Waals surface area contributed by atoms with Gasteiger partial charge in [0.25, 0.3) is 0 Å². The Labute approximate surface area is 107 Å². The largest absolute Gasteiger partial charge is 0.468 e. The van der Waals surface area contributed by atoms with Gasteiger partial charge in [0.15, 0.2) is 0 Å². The van der Waals surface area contributed by atoms with Crippen molar-refractivity contribution < 1.29 is 9.53 Å². The first-order valence-electron chi connectivity index (χ1n) is 6.44. The molecule has 6 nitrogen and oxygen atoms in total. The molecule has 100 valence electrons. The maximum atomic E-state index is 11.8. The number of nitrogens with zero attached hydrogens (tertiary/aromatic N) is 4. The molecular weight excluding hydrogens is 232 g/mol. The van der Waals surface area contributed by atoms with Gasteiger partial charge in [-0.05, 0) is 26.3 Å². The molecule has 1 saturated heterocycles. The lowest BCUT2D eigenvalue weighted by Gasteiger charge is -2.33. The van der Waals surface area contributed by atoms with Gasteiger partial charge < -0.3 is 4.74 Å². The number of aryl methyl sites for hydroxylation is 1. The van der Waals surface area contributed by atoms with Crippen LogP contribution in [-0.4, -0.2) is 45.3 Å². The smallest absolute Gasteiger partial charge is 0.323 e. The number of carbonyl (C=O) groups excluding carboxylic acids is 1. The number of carbonyl (C=O) groups is 1. The van der Waals surface area contributed by atoms with E-state index in [9.17, 15) is 4.79 Å². The molecule has 2 heterocycles. The maximum absolute atomic E-state index is 11.8. The van der Waals surface area contributed by atoms with Crippen molar-refractivity contribution in [1.29, 1.82) is 0 Å². The topological polar surface area (TPSA) is 60.2 Å². The minimum atomic E-state index is -0.141. The molecule has 1 atom stereocenters. The highest BCUT2D eigenvalue weighted by Gasteiger charge is 2.30. The lowest BCUT2D eigenvalue weighted by Crippen LogP contribution is -2.45. The Kier molecular flexibility index (Phi) is 4.30. The highest BCUT2D eigenvalue weighted by molar-refractivity contribution is 5.75. The van der Waals surface area contributed by atoms with Crippen molar-refractivity contribution in [2.75, 3.05) is 13.7 Å². The zero-order chi connectivity index (χ0) is 13.0. The van der Waals surface area contributed by atoms with E-state index in [0.29, 0.717) is 6.54 Å². The summed E-state index contributed by atoms with van der Waals surface area (Å²) >= 11 is 0. The molecule has 18 heavy (non-hydrogen) atoms. The van der Waals surface area contributed by atoms with Crippen LogP contribution in [0.1, 0.15) is 32.0 Å². The minimum absolute atomic E-state index is 0.134. The average molecular weight is 252 g/mol. The van der Waals surface area contributed by atoms with Gasteiger partial charge in [-0.25, -0.2) is 9.67 Å². The van der Waals surface area contributed by atoms with E-state index in [1.165, 1.54) is 7.11 Å². The van der Waals surface area contributed by atoms with E-state index in [-0.39, 0.29) is 12.0 Å². The molecule has 1 aliphatic rings. The first kappa shape index (κ1) is 13.0. The number of hydrogen-bond acceptors (Lipinski definition) is 5. The van der Waals surface area contributed by atoms with Crippen molar-refractivity contribution in [2.24, 2.45) is 0 Å². The Balaban J connectivity index is 2.08. The summed E-state index contributed by atoms with van der Waals surface area (Å²) in [7, 11) is 1.45. The number of likely N-dealkylation sites (tertiary alicyclic amines) is 1. The van der Waals surface area contributed by atoms with Crippen LogP contribution in [0.4, 0.5) is 0 Å². The molecule has 6 heteroatoms. The van der Waals surface area contributed by atoms with Gasteiger partial charge in [-0.15, -0.1) is 0 Å². The second-order valence-corrected chi connectivity index (χ2v) is 4.50. The Bertz CT molecular complexity index is 405. The Morgan fingerprint density at radius 3 is 3.11 bits per heavy atom. The highest BCUT2D eigenvalue weighted by Crippen LogP contribution is 2.19. The van der Waals surface area contributed by atoms with Crippen molar-refractivity contribution in [3.05, 3.63) is 12.2 Å². The molecule has 0 amide bonds. The Hall–Kier alpha value is -1.43. The van der Waals surface area contributed by atoms with Crippen molar-refractivity contribution >= 4 is 5.97 Å². The number of esters is 1. The molecule has 0 bridgehead atoms. The first-order valence-corrected chi connectivity index (χ1v) is 6.44. The van der Waals surface area contributed by atoms with Gasteiger partial charge >= 0.3 is 5.97 Å². The number of ether oxygens (including phenoxy) is 1. The lowest BCUT2D eigenvalue weighted by atomic mass is 10.0. The van der Waals surface area contributed by atoms with Crippen molar-refractivity contribution in [2.45, 2.75) is 45.3 Å². The number of methoxy groups -OCH3 is 1. The predicted octanol–water partition coefficient (Wildman–Crippen LogP) is 0.825. The zero-order valence-electron chi connectivity index (χ0n) is 11.0. The van der Waals surface area contributed by atoms with Crippen LogP contribution in [0, 0.1) is 0 Å². The summed E-state index contributed by atoms with van der Waals surface area (Å²) in [4.78, 5) is 18.2. The SMILES string of the molecule is CCn1ncnc1CN1CCCC[C@@H]1C(=O)OC. The van der Waals surface area contributed by atoms with Crippen molar-refractivity contribution in [3.63, 3.8) is 0 Å². The number of hydrogen-bond donors (Lipinski definition) is 0. The molecule has 1 fully saturated rings. The third kappa shape index (κ3) is 2.69. The van der Waals surface area contributed by atoms with Crippen molar-refractivity contribution in [1.82, 2.24) is 19.7 Å². The van der Waals surface area contributed by atoms with Gasteiger partial charge in [0, 0.05) is 6.54 Å². The van der Waals surface area contributed by atoms with E-state index in [1.807, 2.05) is 11.6 Å². The summed E-state index contributed by atoms with van der Waals surface area (Å²) in [5.41, 5.74) is 0. The van der Waals surface area contributed by atoms with E-state index in [1.54, 1.807) is 6.33 Å². The lowest BCUT2D eigenvalue weighted by molar-refractivity contribution is -0.148. The molecular formula is C12H20N4O2. The van der Waals surface area contributed by atoms with Crippen LogP contribution in [0.5, 0.6) is 0 Å². The minimum Gasteiger partial charge on any atom is -0.468 e. The van der Waals surface area contributed by atoms with Gasteiger partial charge in [0.1, 0.15) is 18.2 Å². The predicted molar refractivity (Wildman–Crippen MR) is 65.8 cm³/mol. The van der Waals surface area contributed by atoms with Crippen LogP contribution in [0.25, 0.3) is 0 Å². The van der Waals surface area contributed by atoms with Crippen LogP contribution in [0.2, 0.25) is 0 Å². The van der Waals surface area contributed by atoms with E-state index in [4.69, 9.17) is 4.74 Å². The van der Waals surface area contributed by atoms with E-state index in [2.05, 4.69) is 15.0 Å². The molecule has 0 spiro atoms. The third-order valence-corrected chi connectivity index (χ3v) is 3.43. The molecule has 0 N–H and O–H groups in total. The van der Waals surface area contributed by atoms with Gasteiger partial charge in [-0.3, -0.25) is 9.69 Å². The van der Waals surface area contributed by atoms with Gasteiger partial charge in [0.05, 0.1) is 13.7 Å². The standard InChI is InChI=1S/C12H20N4O2/c1-3-16-11(13-9-14-16)8-15-7-5-4-6-10(15)12(17)18-2/h9-10H,3-8H2,1-2H3/t10-/m1/s1. The van der Waals surface area contributed by atoms with Crippen LogP contribution in [0.15, 0.2) is 6.33 Å². The Morgan fingerprint density at radius 2 is 2.39 bits per heavy atom. The molecule has 0 aliphatic carbocycles. The van der Waals surface area contributed by atoms with Gasteiger partial charge in [-0.1, -0.05) is 6.42 Å². The summed E-state index contributed by atoms with van der Waals surface area (Å²) in [5.74, 6) is 0.769. The second-order valence-electron chi connectivity index (χ2n) is 4.50. The summed E-state index contributed by atoms with van der Waals surface area (Å²) in [5, 5.41) is 4.15. The second kappa shape index (κ2) is 5.95. The monoisotopic (exact) mass is 252 g/mol. The van der Waals surface area contributed by atoms with Crippen molar-refractivity contribution in [3.8, 4) is 0 Å². The fourth-order valence-electron chi connectivity index (χ4n) is 2.44. The summed E-state index contributed by atoms with van der Waals surface area (Å²) in [6.45, 7) is 4.40. The Morgan fingerprint density at radius 1 is 1.56 bits per heavy atom. The van der Waals surface area contributed by atoms with E-state index in [0.717, 1.165) is 38.2 Å². The summed E-state index contributed by atoms with van der Waals surface area (Å²) < 4.78 is 6.74. The normalized spacial score (nSPS) is 20.9. The fraction of sp³-hybridized carbons (Fsp3) is 0.750. The molecule has 1 aromatic heterocycles. The van der Waals surface area contributed by atoms with E-state index < -0.39 is 0 Å². The molecule has 0 unspecified atom stereocenters. The highest BCUT2D eigenvalue weighted by atomic mass is 16.5. The number of aromatic nitrogens is 3.